The lowest BCUT2D eigenvalue weighted by Gasteiger charge is -2.23. The molecule has 1 aliphatic carbocycles. The summed E-state index contributed by atoms with van der Waals surface area (Å²) < 4.78 is 34.4. The standard InChI is InChI=1S/C21H27F2N3O2/c1-12(2)17-11-19(13(3)4)26(25-17)18-6-5-7-20(18)28-21(27)24-16-9-8-14(22)10-15(16)23/h8-13,18,20H,5-7H2,1-4H3,(H,24,27)/t18-,20-/m1/s1. The summed E-state index contributed by atoms with van der Waals surface area (Å²) in [5, 5.41) is 7.15. The summed E-state index contributed by atoms with van der Waals surface area (Å²) in [5.41, 5.74) is 2.03. The Morgan fingerprint density at radius 3 is 2.57 bits per heavy atom. The van der Waals surface area contributed by atoms with E-state index in [0.29, 0.717) is 11.8 Å². The first-order chi connectivity index (χ1) is 13.3. The zero-order valence-electron chi connectivity index (χ0n) is 16.7. The molecule has 152 valence electrons. The average Bonchev–Trinajstić information content (AvgIpc) is 3.23. The smallest absolute Gasteiger partial charge is 0.412 e. The minimum Gasteiger partial charge on any atom is -0.444 e. The minimum absolute atomic E-state index is 0.0475. The quantitative estimate of drug-likeness (QED) is 0.706. The maximum absolute atomic E-state index is 13.8. The van der Waals surface area contributed by atoms with Crippen molar-refractivity contribution in [3.63, 3.8) is 0 Å². The molecule has 0 saturated heterocycles. The number of ether oxygens (including phenoxy) is 1. The van der Waals surface area contributed by atoms with Gasteiger partial charge in [0.1, 0.15) is 17.7 Å². The fourth-order valence-electron chi connectivity index (χ4n) is 3.60. The fraction of sp³-hybridized carbons (Fsp3) is 0.524. The van der Waals surface area contributed by atoms with E-state index < -0.39 is 17.7 Å². The van der Waals surface area contributed by atoms with E-state index in [-0.39, 0.29) is 17.8 Å². The third-order valence-corrected chi connectivity index (χ3v) is 5.12. The Hall–Kier alpha value is -2.44. The number of hydrogen-bond acceptors (Lipinski definition) is 3. The van der Waals surface area contributed by atoms with Gasteiger partial charge in [-0.05, 0) is 49.3 Å². The van der Waals surface area contributed by atoms with Crippen molar-refractivity contribution < 1.29 is 18.3 Å². The molecule has 1 aromatic heterocycles. The molecule has 7 heteroatoms. The summed E-state index contributed by atoms with van der Waals surface area (Å²) in [7, 11) is 0. The highest BCUT2D eigenvalue weighted by atomic mass is 19.1. The van der Waals surface area contributed by atoms with Gasteiger partial charge in [-0.25, -0.2) is 13.6 Å². The first-order valence-electron chi connectivity index (χ1n) is 9.78. The maximum atomic E-state index is 13.8. The second-order valence-corrected chi connectivity index (χ2v) is 7.94. The van der Waals surface area contributed by atoms with Crippen molar-refractivity contribution in [2.45, 2.75) is 70.9 Å². The Morgan fingerprint density at radius 1 is 1.18 bits per heavy atom. The van der Waals surface area contributed by atoms with E-state index in [1.54, 1.807) is 0 Å². The summed E-state index contributed by atoms with van der Waals surface area (Å²) in [4.78, 5) is 12.3. The van der Waals surface area contributed by atoms with E-state index in [4.69, 9.17) is 9.84 Å². The highest BCUT2D eigenvalue weighted by molar-refractivity contribution is 5.84. The van der Waals surface area contributed by atoms with Crippen LogP contribution in [0.3, 0.4) is 0 Å². The molecule has 1 aromatic carbocycles. The number of nitrogens with zero attached hydrogens (tertiary/aromatic N) is 2. The van der Waals surface area contributed by atoms with Crippen molar-refractivity contribution in [2.24, 2.45) is 0 Å². The zero-order valence-corrected chi connectivity index (χ0v) is 16.7. The monoisotopic (exact) mass is 391 g/mol. The topological polar surface area (TPSA) is 56.1 Å². The van der Waals surface area contributed by atoms with E-state index in [9.17, 15) is 13.6 Å². The van der Waals surface area contributed by atoms with E-state index in [1.807, 2.05) is 4.68 Å². The molecule has 1 aliphatic rings. The Labute approximate surface area is 164 Å². The van der Waals surface area contributed by atoms with Gasteiger partial charge in [0, 0.05) is 11.8 Å². The molecule has 0 unspecified atom stereocenters. The summed E-state index contributed by atoms with van der Waals surface area (Å²) in [6, 6.07) is 5.06. The van der Waals surface area contributed by atoms with Crippen molar-refractivity contribution in [2.75, 3.05) is 5.32 Å². The number of anilines is 1. The number of aromatic nitrogens is 2. The van der Waals surface area contributed by atoms with E-state index in [0.717, 1.165) is 42.8 Å². The third kappa shape index (κ3) is 4.34. The lowest BCUT2D eigenvalue weighted by atomic mass is 10.1. The Bertz CT molecular complexity index is 848. The van der Waals surface area contributed by atoms with E-state index in [2.05, 4.69) is 39.1 Å². The van der Waals surface area contributed by atoms with Crippen molar-refractivity contribution in [1.29, 1.82) is 0 Å². The van der Waals surface area contributed by atoms with Gasteiger partial charge in [0.15, 0.2) is 0 Å². The van der Waals surface area contributed by atoms with Crippen LogP contribution in [0.5, 0.6) is 0 Å². The largest absolute Gasteiger partial charge is 0.444 e. The number of hydrogen-bond donors (Lipinski definition) is 1. The molecule has 1 heterocycles. The molecule has 28 heavy (non-hydrogen) atoms. The first-order valence-corrected chi connectivity index (χ1v) is 9.78. The molecule has 1 amide bonds. The normalized spacial score (nSPS) is 19.4. The van der Waals surface area contributed by atoms with Gasteiger partial charge in [-0.1, -0.05) is 27.7 Å². The summed E-state index contributed by atoms with van der Waals surface area (Å²) in [5.74, 6) is -0.934. The van der Waals surface area contributed by atoms with Gasteiger partial charge < -0.3 is 4.74 Å². The van der Waals surface area contributed by atoms with Crippen LogP contribution in [0.1, 0.15) is 76.2 Å². The van der Waals surface area contributed by atoms with Crippen molar-refractivity contribution in [3.8, 4) is 0 Å². The lowest BCUT2D eigenvalue weighted by molar-refractivity contribution is 0.0851. The highest BCUT2D eigenvalue weighted by Crippen LogP contribution is 2.36. The van der Waals surface area contributed by atoms with E-state index >= 15 is 0 Å². The van der Waals surface area contributed by atoms with Gasteiger partial charge in [-0.3, -0.25) is 10.00 Å². The van der Waals surface area contributed by atoms with Crippen molar-refractivity contribution >= 4 is 11.8 Å². The van der Waals surface area contributed by atoms with Crippen LogP contribution in [0.2, 0.25) is 0 Å². The van der Waals surface area contributed by atoms with Crippen LogP contribution in [-0.2, 0) is 4.74 Å². The van der Waals surface area contributed by atoms with Gasteiger partial charge in [-0.15, -0.1) is 0 Å². The molecule has 0 bridgehead atoms. The van der Waals surface area contributed by atoms with Crippen LogP contribution >= 0.6 is 0 Å². The molecule has 1 fully saturated rings. The highest BCUT2D eigenvalue weighted by Gasteiger charge is 2.34. The van der Waals surface area contributed by atoms with Crippen LogP contribution in [0.15, 0.2) is 24.3 Å². The number of benzene rings is 1. The predicted octanol–water partition coefficient (Wildman–Crippen LogP) is 5.75. The second-order valence-electron chi connectivity index (χ2n) is 7.94. The van der Waals surface area contributed by atoms with Gasteiger partial charge in [-0.2, -0.15) is 5.10 Å². The number of amides is 1. The predicted molar refractivity (Wildman–Crippen MR) is 104 cm³/mol. The number of rotatable bonds is 5. The molecule has 1 saturated carbocycles. The third-order valence-electron chi connectivity index (χ3n) is 5.12. The van der Waals surface area contributed by atoms with E-state index in [1.165, 1.54) is 6.07 Å². The number of carbonyl (C=O) groups is 1. The average molecular weight is 391 g/mol. The zero-order chi connectivity index (χ0) is 20.4. The van der Waals surface area contributed by atoms with Crippen molar-refractivity contribution in [3.05, 3.63) is 47.3 Å². The molecule has 0 aliphatic heterocycles. The Kier molecular flexibility index (Phi) is 6.01. The molecule has 5 nitrogen and oxygen atoms in total. The molecular formula is C21H27F2N3O2. The van der Waals surface area contributed by atoms with Gasteiger partial charge in [0.05, 0.1) is 17.4 Å². The molecule has 0 spiro atoms. The van der Waals surface area contributed by atoms with Gasteiger partial charge in [0.25, 0.3) is 0 Å². The molecule has 3 rings (SSSR count). The van der Waals surface area contributed by atoms with Gasteiger partial charge in [0.2, 0.25) is 0 Å². The van der Waals surface area contributed by atoms with Crippen LogP contribution in [-0.4, -0.2) is 22.0 Å². The lowest BCUT2D eigenvalue weighted by Crippen LogP contribution is -2.29. The summed E-state index contributed by atoms with van der Waals surface area (Å²) in [6.45, 7) is 8.44. The second kappa shape index (κ2) is 8.29. The maximum Gasteiger partial charge on any atom is 0.412 e. The van der Waals surface area contributed by atoms with Crippen LogP contribution in [0.4, 0.5) is 19.3 Å². The molecule has 2 aromatic rings. The summed E-state index contributed by atoms with van der Waals surface area (Å²) in [6.07, 6.45) is 1.41. The van der Waals surface area contributed by atoms with Crippen LogP contribution < -0.4 is 5.32 Å². The summed E-state index contributed by atoms with van der Waals surface area (Å²) >= 11 is 0. The van der Waals surface area contributed by atoms with Crippen molar-refractivity contribution in [1.82, 2.24) is 9.78 Å². The SMILES string of the molecule is CC(C)c1cc(C(C)C)n([C@@H]2CCC[C@H]2OC(=O)Nc2ccc(F)cc2F)n1. The Balaban J connectivity index is 1.75. The molecule has 1 N–H and O–H groups in total. The van der Waals surface area contributed by atoms with Crippen LogP contribution in [0, 0.1) is 11.6 Å². The molecule has 0 radical (unpaired) electrons. The Morgan fingerprint density at radius 2 is 1.93 bits per heavy atom. The minimum atomic E-state index is -0.837. The number of halogens is 2. The number of nitrogens with one attached hydrogen (secondary N) is 1. The number of carbonyl (C=O) groups excluding carboxylic acids is 1. The van der Waals surface area contributed by atoms with Crippen LogP contribution in [0.25, 0.3) is 0 Å². The fourth-order valence-corrected chi connectivity index (χ4v) is 3.60. The molecule has 2 atom stereocenters. The molecular weight excluding hydrogens is 364 g/mol. The van der Waals surface area contributed by atoms with Gasteiger partial charge >= 0.3 is 6.09 Å². The first kappa shape index (κ1) is 20.3.